The lowest BCUT2D eigenvalue weighted by Gasteiger charge is -2.46. The average Bonchev–Trinajstić information content (AvgIpc) is 2.36. The number of anilines is 1. The number of piperazine rings is 1. The zero-order valence-electron chi connectivity index (χ0n) is 11.2. The molecule has 98 valence electrons. The molecule has 0 aliphatic carbocycles. The van der Waals surface area contributed by atoms with Crippen molar-refractivity contribution >= 4 is 11.6 Å². The number of hydrogen-bond acceptors (Lipinski definition) is 4. The van der Waals surface area contributed by atoms with E-state index in [2.05, 4.69) is 9.88 Å². The van der Waals surface area contributed by atoms with Gasteiger partial charge in [0.05, 0.1) is 11.4 Å². The summed E-state index contributed by atoms with van der Waals surface area (Å²) in [7, 11) is 1.84. The molecule has 2 heterocycles. The van der Waals surface area contributed by atoms with Crippen LogP contribution in [-0.2, 0) is 11.3 Å². The van der Waals surface area contributed by atoms with E-state index in [1.54, 1.807) is 11.1 Å². The molecule has 1 fully saturated rings. The molecule has 2 N–H and O–H groups in total. The molecular formula is C13H20N4O. The highest BCUT2D eigenvalue weighted by molar-refractivity contribution is 5.90. The number of rotatable bonds is 2. The number of aromatic nitrogens is 1. The third-order valence-corrected chi connectivity index (χ3v) is 3.55. The van der Waals surface area contributed by atoms with Crippen LogP contribution in [0.25, 0.3) is 0 Å². The van der Waals surface area contributed by atoms with Gasteiger partial charge < -0.3 is 15.5 Å². The summed E-state index contributed by atoms with van der Waals surface area (Å²) in [5.74, 6) is 0.126. The Morgan fingerprint density at radius 3 is 2.83 bits per heavy atom. The first-order valence-electron chi connectivity index (χ1n) is 6.15. The van der Waals surface area contributed by atoms with E-state index in [-0.39, 0.29) is 5.91 Å². The van der Waals surface area contributed by atoms with Crippen molar-refractivity contribution in [3.8, 4) is 0 Å². The van der Waals surface area contributed by atoms with Gasteiger partial charge in [-0.25, -0.2) is 0 Å². The van der Waals surface area contributed by atoms with Gasteiger partial charge in [0, 0.05) is 32.9 Å². The highest BCUT2D eigenvalue weighted by Gasteiger charge is 2.41. The Balaban J connectivity index is 2.41. The largest absolute Gasteiger partial charge is 0.354 e. The molecule has 0 spiro atoms. The van der Waals surface area contributed by atoms with Crippen LogP contribution in [0.3, 0.4) is 0 Å². The third kappa shape index (κ3) is 1.95. The van der Waals surface area contributed by atoms with Gasteiger partial charge in [-0.3, -0.25) is 9.78 Å². The number of pyridine rings is 1. The van der Waals surface area contributed by atoms with Crippen LogP contribution in [0.5, 0.6) is 0 Å². The van der Waals surface area contributed by atoms with Gasteiger partial charge in [0.1, 0.15) is 5.54 Å². The van der Waals surface area contributed by atoms with E-state index in [1.807, 2.05) is 33.0 Å². The standard InChI is InChI=1S/C13H20N4O/c1-13(2)12(18)16(3)7-8-17(13)11-5-4-6-15-10(11)9-14/h4-6H,7-9,14H2,1-3H3. The highest BCUT2D eigenvalue weighted by Crippen LogP contribution is 2.29. The highest BCUT2D eigenvalue weighted by atomic mass is 16.2. The first kappa shape index (κ1) is 12.8. The number of amides is 1. The summed E-state index contributed by atoms with van der Waals surface area (Å²) in [6.45, 7) is 5.79. The van der Waals surface area contributed by atoms with E-state index in [1.165, 1.54) is 0 Å². The Bertz CT molecular complexity index is 458. The number of likely N-dealkylation sites (N-methyl/N-ethyl adjacent to an activating group) is 1. The van der Waals surface area contributed by atoms with Crippen LogP contribution in [0, 0.1) is 0 Å². The van der Waals surface area contributed by atoms with Crippen LogP contribution in [0.1, 0.15) is 19.5 Å². The maximum Gasteiger partial charge on any atom is 0.247 e. The lowest BCUT2D eigenvalue weighted by atomic mass is 9.96. The smallest absolute Gasteiger partial charge is 0.247 e. The molecule has 1 amide bonds. The van der Waals surface area contributed by atoms with Gasteiger partial charge in [-0.05, 0) is 26.0 Å². The first-order valence-corrected chi connectivity index (χ1v) is 6.15. The van der Waals surface area contributed by atoms with Crippen molar-refractivity contribution < 1.29 is 4.79 Å². The zero-order chi connectivity index (χ0) is 13.3. The number of nitrogens with zero attached hydrogens (tertiary/aromatic N) is 3. The fourth-order valence-corrected chi connectivity index (χ4v) is 2.47. The normalized spacial score (nSPS) is 19.2. The van der Waals surface area contributed by atoms with Gasteiger partial charge in [0.15, 0.2) is 0 Å². The monoisotopic (exact) mass is 248 g/mol. The van der Waals surface area contributed by atoms with Crippen molar-refractivity contribution in [2.45, 2.75) is 25.9 Å². The number of carbonyl (C=O) groups is 1. The Labute approximate surface area is 108 Å². The maximum absolute atomic E-state index is 12.3. The van der Waals surface area contributed by atoms with Crippen LogP contribution in [0.4, 0.5) is 5.69 Å². The Hall–Kier alpha value is -1.62. The summed E-state index contributed by atoms with van der Waals surface area (Å²) in [5, 5.41) is 0. The predicted molar refractivity (Wildman–Crippen MR) is 71.2 cm³/mol. The molecule has 5 nitrogen and oxygen atoms in total. The SMILES string of the molecule is CN1CCN(c2cccnc2CN)C(C)(C)C1=O. The van der Waals surface area contributed by atoms with Crippen molar-refractivity contribution in [1.29, 1.82) is 0 Å². The topological polar surface area (TPSA) is 62.5 Å². The molecule has 0 atom stereocenters. The van der Waals surface area contributed by atoms with E-state index in [0.717, 1.165) is 24.5 Å². The van der Waals surface area contributed by atoms with Crippen molar-refractivity contribution in [1.82, 2.24) is 9.88 Å². The van der Waals surface area contributed by atoms with E-state index in [9.17, 15) is 4.79 Å². The lowest BCUT2D eigenvalue weighted by Crippen LogP contribution is -2.62. The summed E-state index contributed by atoms with van der Waals surface area (Å²) in [6.07, 6.45) is 1.73. The third-order valence-electron chi connectivity index (χ3n) is 3.55. The van der Waals surface area contributed by atoms with Gasteiger partial charge in [-0.15, -0.1) is 0 Å². The first-order chi connectivity index (χ1) is 8.48. The molecule has 1 aromatic heterocycles. The van der Waals surface area contributed by atoms with Gasteiger partial charge in [-0.1, -0.05) is 0 Å². The molecule has 18 heavy (non-hydrogen) atoms. The molecule has 5 heteroatoms. The van der Waals surface area contributed by atoms with Crippen LogP contribution < -0.4 is 10.6 Å². The molecule has 1 saturated heterocycles. The molecule has 0 unspecified atom stereocenters. The summed E-state index contributed by atoms with van der Waals surface area (Å²) in [4.78, 5) is 20.4. The predicted octanol–water partition coefficient (Wildman–Crippen LogP) is 0.597. The van der Waals surface area contributed by atoms with Gasteiger partial charge in [-0.2, -0.15) is 0 Å². The second-order valence-electron chi connectivity index (χ2n) is 5.11. The molecule has 1 aliphatic rings. The number of nitrogens with two attached hydrogens (primary N) is 1. The Morgan fingerprint density at radius 1 is 1.44 bits per heavy atom. The van der Waals surface area contributed by atoms with Gasteiger partial charge >= 0.3 is 0 Å². The zero-order valence-corrected chi connectivity index (χ0v) is 11.2. The number of hydrogen-bond donors (Lipinski definition) is 1. The lowest BCUT2D eigenvalue weighted by molar-refractivity contribution is -0.136. The van der Waals surface area contributed by atoms with E-state index >= 15 is 0 Å². The minimum absolute atomic E-state index is 0.126. The quantitative estimate of drug-likeness (QED) is 0.832. The molecule has 0 bridgehead atoms. The molecule has 0 aromatic carbocycles. The van der Waals surface area contributed by atoms with Crippen molar-refractivity contribution in [3.63, 3.8) is 0 Å². The fraction of sp³-hybridized carbons (Fsp3) is 0.538. The van der Waals surface area contributed by atoms with E-state index in [0.29, 0.717) is 6.54 Å². The van der Waals surface area contributed by atoms with E-state index in [4.69, 9.17) is 5.73 Å². The average molecular weight is 248 g/mol. The second kappa shape index (κ2) is 4.57. The van der Waals surface area contributed by atoms with Crippen LogP contribution in [0.2, 0.25) is 0 Å². The maximum atomic E-state index is 12.3. The van der Waals surface area contributed by atoms with Gasteiger partial charge in [0.2, 0.25) is 5.91 Å². The van der Waals surface area contributed by atoms with Crippen molar-refractivity contribution in [2.24, 2.45) is 5.73 Å². The molecular weight excluding hydrogens is 228 g/mol. The summed E-state index contributed by atoms with van der Waals surface area (Å²) in [6, 6.07) is 3.86. The van der Waals surface area contributed by atoms with Crippen molar-refractivity contribution in [3.05, 3.63) is 24.0 Å². The minimum atomic E-state index is -0.556. The molecule has 0 saturated carbocycles. The van der Waals surface area contributed by atoms with Crippen LogP contribution >= 0.6 is 0 Å². The van der Waals surface area contributed by atoms with Crippen LogP contribution in [0.15, 0.2) is 18.3 Å². The van der Waals surface area contributed by atoms with Gasteiger partial charge in [0.25, 0.3) is 0 Å². The summed E-state index contributed by atoms with van der Waals surface area (Å²) in [5.41, 5.74) is 6.97. The second-order valence-corrected chi connectivity index (χ2v) is 5.11. The summed E-state index contributed by atoms with van der Waals surface area (Å²) < 4.78 is 0. The number of carbonyl (C=O) groups excluding carboxylic acids is 1. The molecule has 1 aromatic rings. The Morgan fingerprint density at radius 2 is 2.17 bits per heavy atom. The molecule has 1 aliphatic heterocycles. The fourth-order valence-electron chi connectivity index (χ4n) is 2.47. The van der Waals surface area contributed by atoms with E-state index < -0.39 is 5.54 Å². The Kier molecular flexibility index (Phi) is 3.26. The minimum Gasteiger partial charge on any atom is -0.354 e. The van der Waals surface area contributed by atoms with Crippen molar-refractivity contribution in [2.75, 3.05) is 25.0 Å². The van der Waals surface area contributed by atoms with Crippen LogP contribution in [-0.4, -0.2) is 41.5 Å². The summed E-state index contributed by atoms with van der Waals surface area (Å²) >= 11 is 0. The molecule has 0 radical (unpaired) electrons. The molecule has 2 rings (SSSR count).